The first-order valence-electron chi connectivity index (χ1n) is 9.27. The summed E-state index contributed by atoms with van der Waals surface area (Å²) in [6.45, 7) is 3.83. The Morgan fingerprint density at radius 3 is 2.28 bits per heavy atom. The summed E-state index contributed by atoms with van der Waals surface area (Å²) >= 11 is 0. The van der Waals surface area contributed by atoms with Crippen LogP contribution in [0.5, 0.6) is 11.5 Å². The van der Waals surface area contributed by atoms with Crippen LogP contribution >= 0.6 is 0 Å². The molecule has 3 aromatic rings. The van der Waals surface area contributed by atoms with Crippen LogP contribution in [0.2, 0.25) is 0 Å². The smallest absolute Gasteiger partial charge is 0.274 e. The molecule has 7 heteroatoms. The largest absolute Gasteiger partial charge is 0.493 e. The van der Waals surface area contributed by atoms with Gasteiger partial charge in [0.1, 0.15) is 17.3 Å². The fourth-order valence-electron chi connectivity index (χ4n) is 2.83. The van der Waals surface area contributed by atoms with Gasteiger partial charge in [-0.3, -0.25) is 4.79 Å². The third kappa shape index (κ3) is 5.01. The quantitative estimate of drug-likeness (QED) is 0.621. The van der Waals surface area contributed by atoms with Crippen LogP contribution in [0.15, 0.2) is 48.5 Å². The van der Waals surface area contributed by atoms with Crippen molar-refractivity contribution in [2.24, 2.45) is 0 Å². The summed E-state index contributed by atoms with van der Waals surface area (Å²) in [5.74, 6) is 1.93. The minimum Gasteiger partial charge on any atom is -0.493 e. The van der Waals surface area contributed by atoms with E-state index in [1.807, 2.05) is 30.3 Å². The molecule has 0 saturated heterocycles. The van der Waals surface area contributed by atoms with E-state index in [0.29, 0.717) is 23.1 Å². The molecule has 0 aliphatic rings. The number of methoxy groups -OCH3 is 2. The predicted octanol–water partition coefficient (Wildman–Crippen LogP) is 4.36. The van der Waals surface area contributed by atoms with E-state index in [1.165, 1.54) is 5.56 Å². The van der Waals surface area contributed by atoms with E-state index in [0.717, 1.165) is 17.8 Å². The van der Waals surface area contributed by atoms with E-state index in [4.69, 9.17) is 9.47 Å². The van der Waals surface area contributed by atoms with Gasteiger partial charge in [-0.15, -0.1) is 0 Å². The van der Waals surface area contributed by atoms with Crippen molar-refractivity contribution in [1.82, 2.24) is 9.97 Å². The number of aryl methyl sites for hydroxylation is 2. The van der Waals surface area contributed by atoms with Crippen molar-refractivity contribution < 1.29 is 14.3 Å². The molecule has 0 radical (unpaired) electrons. The Bertz CT molecular complexity index is 1000. The molecule has 150 valence electrons. The number of nitrogens with zero attached hydrogens (tertiary/aromatic N) is 2. The van der Waals surface area contributed by atoms with Gasteiger partial charge >= 0.3 is 0 Å². The first kappa shape index (κ1) is 20.1. The lowest BCUT2D eigenvalue weighted by molar-refractivity contribution is 0.102. The van der Waals surface area contributed by atoms with Crippen LogP contribution in [0.4, 0.5) is 17.2 Å². The fraction of sp³-hybridized carbons (Fsp3) is 0.227. The van der Waals surface area contributed by atoms with Gasteiger partial charge in [-0.1, -0.05) is 19.1 Å². The molecule has 0 atom stereocenters. The van der Waals surface area contributed by atoms with Crippen LogP contribution in [0, 0.1) is 6.92 Å². The zero-order chi connectivity index (χ0) is 20.8. The van der Waals surface area contributed by atoms with E-state index in [-0.39, 0.29) is 11.6 Å². The van der Waals surface area contributed by atoms with Gasteiger partial charge in [0, 0.05) is 23.5 Å². The zero-order valence-corrected chi connectivity index (χ0v) is 16.9. The van der Waals surface area contributed by atoms with Gasteiger partial charge < -0.3 is 20.1 Å². The highest BCUT2D eigenvalue weighted by atomic mass is 16.5. The highest BCUT2D eigenvalue weighted by molar-refractivity contribution is 6.03. The third-order valence-corrected chi connectivity index (χ3v) is 4.35. The van der Waals surface area contributed by atoms with Crippen LogP contribution in [-0.4, -0.2) is 30.1 Å². The van der Waals surface area contributed by atoms with Gasteiger partial charge in [-0.2, -0.15) is 0 Å². The van der Waals surface area contributed by atoms with Gasteiger partial charge in [-0.05, 0) is 43.2 Å². The van der Waals surface area contributed by atoms with Crippen LogP contribution < -0.4 is 20.1 Å². The summed E-state index contributed by atoms with van der Waals surface area (Å²) in [5.41, 5.74) is 2.96. The summed E-state index contributed by atoms with van der Waals surface area (Å²) in [7, 11) is 3.16. The predicted molar refractivity (Wildman–Crippen MR) is 113 cm³/mol. The third-order valence-electron chi connectivity index (χ3n) is 4.35. The Morgan fingerprint density at radius 2 is 1.62 bits per heavy atom. The summed E-state index contributed by atoms with van der Waals surface area (Å²) in [6.07, 6.45) is 0.949. The standard InChI is InChI=1S/C22H24N4O3/c1-5-15-6-8-16(9-7-15)26-22(27)18-13-21(24-14(2)23-18)25-17-10-11-19(28-3)20(12-17)29-4/h6-13H,5H2,1-4H3,(H,26,27)(H,23,24,25). The molecule has 29 heavy (non-hydrogen) atoms. The Balaban J connectivity index is 1.79. The number of carbonyl (C=O) groups excluding carboxylic acids is 1. The minimum atomic E-state index is -0.296. The van der Waals surface area contributed by atoms with E-state index in [1.54, 1.807) is 39.3 Å². The number of amides is 1. The van der Waals surface area contributed by atoms with Crippen molar-refractivity contribution in [3.63, 3.8) is 0 Å². The van der Waals surface area contributed by atoms with Crippen molar-refractivity contribution >= 4 is 23.1 Å². The number of nitrogens with one attached hydrogen (secondary N) is 2. The maximum absolute atomic E-state index is 12.6. The molecule has 0 spiro atoms. The Hall–Kier alpha value is -3.61. The average molecular weight is 392 g/mol. The van der Waals surface area contributed by atoms with Gasteiger partial charge in [0.05, 0.1) is 14.2 Å². The lowest BCUT2D eigenvalue weighted by Gasteiger charge is -2.12. The number of rotatable bonds is 7. The molecular formula is C22H24N4O3. The molecule has 1 aromatic heterocycles. The summed E-state index contributed by atoms with van der Waals surface area (Å²) in [5, 5.41) is 6.05. The van der Waals surface area contributed by atoms with Crippen molar-refractivity contribution in [3.8, 4) is 11.5 Å². The van der Waals surface area contributed by atoms with Crippen molar-refractivity contribution in [1.29, 1.82) is 0 Å². The molecule has 1 amide bonds. The average Bonchev–Trinajstić information content (AvgIpc) is 2.73. The lowest BCUT2D eigenvalue weighted by atomic mass is 10.1. The molecule has 0 aliphatic carbocycles. The molecule has 0 saturated carbocycles. The Kier molecular flexibility index (Phi) is 6.29. The van der Waals surface area contributed by atoms with Crippen LogP contribution in [0.3, 0.4) is 0 Å². The van der Waals surface area contributed by atoms with Crippen molar-refractivity contribution in [2.75, 3.05) is 24.9 Å². The Labute approximate surface area is 170 Å². The second kappa shape index (κ2) is 9.05. The van der Waals surface area contributed by atoms with Crippen molar-refractivity contribution in [3.05, 3.63) is 65.6 Å². The number of hydrogen-bond acceptors (Lipinski definition) is 6. The Morgan fingerprint density at radius 1 is 0.931 bits per heavy atom. The molecule has 2 N–H and O–H groups in total. The van der Waals surface area contributed by atoms with Crippen LogP contribution in [-0.2, 0) is 6.42 Å². The first-order valence-corrected chi connectivity index (χ1v) is 9.27. The van der Waals surface area contributed by atoms with Crippen LogP contribution in [0.1, 0.15) is 28.8 Å². The second-order valence-corrected chi connectivity index (χ2v) is 6.39. The van der Waals surface area contributed by atoms with Crippen molar-refractivity contribution in [2.45, 2.75) is 20.3 Å². The maximum atomic E-state index is 12.6. The molecular weight excluding hydrogens is 368 g/mol. The summed E-state index contributed by atoms with van der Waals surface area (Å²) in [4.78, 5) is 21.3. The summed E-state index contributed by atoms with van der Waals surface area (Å²) < 4.78 is 10.6. The van der Waals surface area contributed by atoms with E-state index in [2.05, 4.69) is 27.5 Å². The van der Waals surface area contributed by atoms with Gasteiger partial charge in [0.2, 0.25) is 0 Å². The lowest BCUT2D eigenvalue weighted by Crippen LogP contribution is -2.15. The zero-order valence-electron chi connectivity index (χ0n) is 16.9. The van der Waals surface area contributed by atoms with E-state index in [9.17, 15) is 4.79 Å². The van der Waals surface area contributed by atoms with Crippen LogP contribution in [0.25, 0.3) is 0 Å². The van der Waals surface area contributed by atoms with E-state index < -0.39 is 0 Å². The number of anilines is 3. The number of carbonyl (C=O) groups is 1. The monoisotopic (exact) mass is 392 g/mol. The normalized spacial score (nSPS) is 10.3. The van der Waals surface area contributed by atoms with Gasteiger partial charge in [-0.25, -0.2) is 9.97 Å². The number of benzene rings is 2. The van der Waals surface area contributed by atoms with Gasteiger partial charge in [0.15, 0.2) is 11.5 Å². The molecule has 0 aliphatic heterocycles. The van der Waals surface area contributed by atoms with E-state index >= 15 is 0 Å². The number of ether oxygens (including phenoxy) is 2. The molecule has 0 bridgehead atoms. The topological polar surface area (TPSA) is 85.4 Å². The minimum absolute atomic E-state index is 0.278. The van der Waals surface area contributed by atoms with Gasteiger partial charge in [0.25, 0.3) is 5.91 Å². The second-order valence-electron chi connectivity index (χ2n) is 6.39. The molecule has 3 rings (SSSR count). The summed E-state index contributed by atoms with van der Waals surface area (Å²) in [6, 6.07) is 14.8. The first-order chi connectivity index (χ1) is 14.0. The highest BCUT2D eigenvalue weighted by Gasteiger charge is 2.12. The molecule has 1 heterocycles. The molecule has 7 nitrogen and oxygen atoms in total. The number of hydrogen-bond donors (Lipinski definition) is 2. The molecule has 0 fully saturated rings. The number of aromatic nitrogens is 2. The fourth-order valence-corrected chi connectivity index (χ4v) is 2.83. The maximum Gasteiger partial charge on any atom is 0.274 e. The SMILES string of the molecule is CCc1ccc(NC(=O)c2cc(Nc3ccc(OC)c(OC)c3)nc(C)n2)cc1. The molecule has 0 unspecified atom stereocenters. The molecule has 2 aromatic carbocycles. The highest BCUT2D eigenvalue weighted by Crippen LogP contribution is 2.30.